The zero-order chi connectivity index (χ0) is 20.9. The Balaban J connectivity index is 1.62. The predicted molar refractivity (Wildman–Crippen MR) is 117 cm³/mol. The van der Waals surface area contributed by atoms with Gasteiger partial charge in [-0.1, -0.05) is 34.1 Å². The maximum atomic E-state index is 13.0. The molecule has 0 saturated carbocycles. The van der Waals surface area contributed by atoms with Crippen LogP contribution in [0.15, 0.2) is 56.7 Å². The third-order valence-electron chi connectivity index (χ3n) is 4.53. The van der Waals surface area contributed by atoms with Crippen molar-refractivity contribution in [2.24, 2.45) is 0 Å². The molecule has 156 valence electrons. The van der Waals surface area contributed by atoms with E-state index in [9.17, 15) is 13.2 Å². The highest BCUT2D eigenvalue weighted by Gasteiger charge is 2.28. The molecular formula is C20H23BrN2O4S2. The summed E-state index contributed by atoms with van der Waals surface area (Å²) < 4.78 is 33.6. The number of aryl methyl sites for hydroxylation is 1. The number of halogens is 1. The van der Waals surface area contributed by atoms with Crippen LogP contribution in [0.25, 0.3) is 0 Å². The molecule has 0 aromatic heterocycles. The van der Waals surface area contributed by atoms with Crippen molar-refractivity contribution in [2.45, 2.75) is 23.3 Å². The Hall–Kier alpha value is -1.39. The fraction of sp³-hybridized carbons (Fsp3) is 0.350. The van der Waals surface area contributed by atoms with Gasteiger partial charge in [-0.3, -0.25) is 4.79 Å². The maximum Gasteiger partial charge on any atom is 0.243 e. The number of nitrogens with one attached hydrogen (secondary N) is 1. The molecule has 3 rings (SSSR count). The zero-order valence-corrected chi connectivity index (χ0v) is 19.3. The van der Waals surface area contributed by atoms with E-state index in [-0.39, 0.29) is 23.1 Å². The summed E-state index contributed by atoms with van der Waals surface area (Å²) in [6.07, 6.45) is 0. The summed E-state index contributed by atoms with van der Waals surface area (Å²) in [5.74, 6) is 0.122. The number of hydrogen-bond donors (Lipinski definition) is 1. The highest BCUT2D eigenvalue weighted by atomic mass is 79.9. The number of amides is 1. The van der Waals surface area contributed by atoms with Crippen molar-refractivity contribution in [1.82, 2.24) is 9.62 Å². The Bertz CT molecular complexity index is 976. The molecule has 1 fully saturated rings. The number of thioether (sulfide) groups is 1. The van der Waals surface area contributed by atoms with Crippen LogP contribution in [0.4, 0.5) is 0 Å². The van der Waals surface area contributed by atoms with E-state index in [1.54, 1.807) is 24.3 Å². The molecule has 0 bridgehead atoms. The molecular weight excluding hydrogens is 476 g/mol. The summed E-state index contributed by atoms with van der Waals surface area (Å²) in [5.41, 5.74) is 1.68. The van der Waals surface area contributed by atoms with Gasteiger partial charge in [0.1, 0.15) is 0 Å². The summed E-state index contributed by atoms with van der Waals surface area (Å²) in [5, 5.41) is 2.84. The van der Waals surface area contributed by atoms with Crippen molar-refractivity contribution in [3.8, 4) is 0 Å². The Morgan fingerprint density at radius 3 is 2.66 bits per heavy atom. The van der Waals surface area contributed by atoms with E-state index in [2.05, 4.69) is 21.2 Å². The van der Waals surface area contributed by atoms with Crippen LogP contribution in [-0.2, 0) is 26.1 Å². The summed E-state index contributed by atoms with van der Waals surface area (Å²) in [6.45, 7) is 3.63. The molecule has 1 aliphatic heterocycles. The highest BCUT2D eigenvalue weighted by Crippen LogP contribution is 2.25. The lowest BCUT2D eigenvalue weighted by atomic mass is 10.2. The van der Waals surface area contributed by atoms with Crippen LogP contribution < -0.4 is 5.32 Å². The summed E-state index contributed by atoms with van der Waals surface area (Å²) in [6, 6.07) is 12.7. The van der Waals surface area contributed by atoms with Crippen LogP contribution in [-0.4, -0.2) is 50.7 Å². The summed E-state index contributed by atoms with van der Waals surface area (Å²) in [7, 11) is -3.61. The Labute approximate surface area is 184 Å². The number of morpholine rings is 1. The van der Waals surface area contributed by atoms with Crippen molar-refractivity contribution in [2.75, 3.05) is 32.1 Å². The van der Waals surface area contributed by atoms with Gasteiger partial charge in [-0.05, 0) is 42.3 Å². The molecule has 2 aromatic carbocycles. The second kappa shape index (κ2) is 10.1. The molecule has 1 N–H and O–H groups in total. The molecule has 0 atom stereocenters. The Morgan fingerprint density at radius 1 is 1.21 bits per heavy atom. The second-order valence-electron chi connectivity index (χ2n) is 6.60. The number of ether oxygens (including phenoxy) is 1. The summed E-state index contributed by atoms with van der Waals surface area (Å²) >= 11 is 4.89. The average molecular weight is 499 g/mol. The van der Waals surface area contributed by atoms with E-state index in [1.807, 2.05) is 25.1 Å². The van der Waals surface area contributed by atoms with Gasteiger partial charge >= 0.3 is 0 Å². The second-order valence-corrected chi connectivity index (χ2v) is 10.4. The maximum absolute atomic E-state index is 13.0. The lowest BCUT2D eigenvalue weighted by Gasteiger charge is -2.27. The van der Waals surface area contributed by atoms with Gasteiger partial charge in [0.25, 0.3) is 0 Å². The molecule has 9 heteroatoms. The molecule has 29 heavy (non-hydrogen) atoms. The molecule has 0 spiro atoms. The number of hydrogen-bond acceptors (Lipinski definition) is 5. The smallest absolute Gasteiger partial charge is 0.243 e. The quantitative estimate of drug-likeness (QED) is 0.593. The molecule has 1 aliphatic rings. The van der Waals surface area contributed by atoms with E-state index >= 15 is 0 Å². The zero-order valence-electron chi connectivity index (χ0n) is 16.1. The first-order valence-corrected chi connectivity index (χ1v) is 12.4. The highest BCUT2D eigenvalue weighted by molar-refractivity contribution is 9.10. The van der Waals surface area contributed by atoms with E-state index < -0.39 is 10.0 Å². The molecule has 2 aromatic rings. The number of carbonyl (C=O) groups is 1. The van der Waals surface area contributed by atoms with Crippen LogP contribution in [0, 0.1) is 6.92 Å². The minimum Gasteiger partial charge on any atom is -0.379 e. The van der Waals surface area contributed by atoms with E-state index in [0.717, 1.165) is 14.9 Å². The van der Waals surface area contributed by atoms with Gasteiger partial charge < -0.3 is 10.1 Å². The van der Waals surface area contributed by atoms with Crippen LogP contribution in [0.5, 0.6) is 0 Å². The molecule has 1 saturated heterocycles. The van der Waals surface area contributed by atoms with E-state index in [0.29, 0.717) is 31.9 Å². The van der Waals surface area contributed by atoms with Gasteiger partial charge in [0.05, 0.1) is 23.9 Å². The molecule has 1 heterocycles. The van der Waals surface area contributed by atoms with Crippen LogP contribution in [0.1, 0.15) is 11.1 Å². The van der Waals surface area contributed by atoms with Crippen molar-refractivity contribution in [3.05, 3.63) is 58.1 Å². The van der Waals surface area contributed by atoms with E-state index in [4.69, 9.17) is 4.74 Å². The van der Waals surface area contributed by atoms with Crippen LogP contribution in [0.2, 0.25) is 0 Å². The minimum absolute atomic E-state index is 0.143. The van der Waals surface area contributed by atoms with Gasteiger partial charge in [0.15, 0.2) is 0 Å². The molecule has 0 unspecified atom stereocenters. The predicted octanol–water partition coefficient (Wildman–Crippen LogP) is 3.19. The van der Waals surface area contributed by atoms with Crippen molar-refractivity contribution < 1.29 is 17.9 Å². The SMILES string of the molecule is Cc1cc(Br)ccc1SCC(=O)NCc1ccccc1S(=O)(=O)N1CCOCC1. The number of benzene rings is 2. The number of rotatable bonds is 7. The first-order valence-electron chi connectivity index (χ1n) is 9.19. The Morgan fingerprint density at radius 2 is 1.93 bits per heavy atom. The number of sulfonamides is 1. The first kappa shape index (κ1) is 22.3. The van der Waals surface area contributed by atoms with Crippen LogP contribution >= 0.6 is 27.7 Å². The summed E-state index contributed by atoms with van der Waals surface area (Å²) in [4.78, 5) is 13.6. The molecule has 1 amide bonds. The van der Waals surface area contributed by atoms with Gasteiger partial charge in [-0.2, -0.15) is 4.31 Å². The van der Waals surface area contributed by atoms with Crippen LogP contribution in [0.3, 0.4) is 0 Å². The Kier molecular flexibility index (Phi) is 7.75. The van der Waals surface area contributed by atoms with Crippen molar-refractivity contribution in [1.29, 1.82) is 0 Å². The third-order valence-corrected chi connectivity index (χ3v) is 8.20. The van der Waals surface area contributed by atoms with E-state index in [1.165, 1.54) is 16.1 Å². The first-order chi connectivity index (χ1) is 13.9. The lowest BCUT2D eigenvalue weighted by Crippen LogP contribution is -2.41. The van der Waals surface area contributed by atoms with Crippen molar-refractivity contribution in [3.63, 3.8) is 0 Å². The standard InChI is InChI=1S/C20H23BrN2O4S2/c1-15-12-17(21)6-7-18(15)28-14-20(24)22-13-16-4-2-3-5-19(16)29(25,26)23-8-10-27-11-9-23/h2-7,12H,8-11,13-14H2,1H3,(H,22,24). The largest absolute Gasteiger partial charge is 0.379 e. The topological polar surface area (TPSA) is 75.7 Å². The van der Waals surface area contributed by atoms with Crippen molar-refractivity contribution >= 4 is 43.6 Å². The molecule has 0 radical (unpaired) electrons. The number of nitrogens with zero attached hydrogens (tertiary/aromatic N) is 1. The van der Waals surface area contributed by atoms with Gasteiger partial charge in [0, 0.05) is 29.0 Å². The average Bonchev–Trinajstić information content (AvgIpc) is 2.72. The molecule has 6 nitrogen and oxygen atoms in total. The fourth-order valence-electron chi connectivity index (χ4n) is 2.99. The fourth-order valence-corrected chi connectivity index (χ4v) is 5.94. The molecule has 0 aliphatic carbocycles. The van der Waals surface area contributed by atoms with Gasteiger partial charge in [0.2, 0.25) is 15.9 Å². The van der Waals surface area contributed by atoms with Gasteiger partial charge in [-0.15, -0.1) is 11.8 Å². The third kappa shape index (κ3) is 5.82. The lowest BCUT2D eigenvalue weighted by molar-refractivity contribution is -0.118. The normalized spacial score (nSPS) is 15.2. The van der Waals surface area contributed by atoms with Gasteiger partial charge in [-0.25, -0.2) is 8.42 Å². The number of carbonyl (C=O) groups excluding carboxylic acids is 1. The minimum atomic E-state index is -3.61. The monoisotopic (exact) mass is 498 g/mol.